The highest BCUT2D eigenvalue weighted by Gasteiger charge is 2.11. The first-order valence-corrected chi connectivity index (χ1v) is 6.32. The van der Waals surface area contributed by atoms with Crippen molar-refractivity contribution in [1.82, 2.24) is 14.8 Å². The molecule has 0 bridgehead atoms. The number of rotatable bonds is 4. The molecule has 106 valence electrons. The van der Waals surface area contributed by atoms with E-state index in [1.54, 1.807) is 12.3 Å². The van der Waals surface area contributed by atoms with Crippen LogP contribution in [0.15, 0.2) is 42.7 Å². The summed E-state index contributed by atoms with van der Waals surface area (Å²) in [5.74, 6) is -0.767. The van der Waals surface area contributed by atoms with Crippen LogP contribution in [0.5, 0.6) is 0 Å². The van der Waals surface area contributed by atoms with Gasteiger partial charge in [0.1, 0.15) is 12.2 Å². The number of nitrogens with zero attached hydrogens (tertiary/aromatic N) is 2. The Hall–Kier alpha value is -3.09. The molecule has 3 aromatic rings. The third-order valence-corrected chi connectivity index (χ3v) is 2.98. The topological polar surface area (TPSA) is 106 Å². The number of anilines is 1. The molecule has 0 fully saturated rings. The number of benzene rings is 1. The van der Waals surface area contributed by atoms with Crippen LogP contribution >= 0.6 is 0 Å². The van der Waals surface area contributed by atoms with Gasteiger partial charge in [-0.1, -0.05) is 18.2 Å². The van der Waals surface area contributed by atoms with Crippen LogP contribution in [-0.2, 0) is 11.3 Å². The molecule has 2 amide bonds. The maximum Gasteiger partial charge on any atom is 0.272 e. The summed E-state index contributed by atoms with van der Waals surface area (Å²) >= 11 is 0. The summed E-state index contributed by atoms with van der Waals surface area (Å²) in [7, 11) is 0. The highest BCUT2D eigenvalue weighted by Crippen LogP contribution is 2.16. The molecular formula is C14H13N5O2. The summed E-state index contributed by atoms with van der Waals surface area (Å²) in [4.78, 5) is 26.0. The lowest BCUT2D eigenvalue weighted by molar-refractivity contribution is -0.118. The van der Waals surface area contributed by atoms with Gasteiger partial charge in [-0.2, -0.15) is 5.10 Å². The lowest BCUT2D eigenvalue weighted by atomic mass is 10.2. The van der Waals surface area contributed by atoms with Gasteiger partial charge in [0.05, 0.1) is 11.9 Å². The SMILES string of the molecule is NC(=O)Cn1cc(NC(=O)c2cc3ccccc3[nH]2)cn1. The van der Waals surface area contributed by atoms with Gasteiger partial charge < -0.3 is 16.0 Å². The fourth-order valence-electron chi connectivity index (χ4n) is 2.07. The minimum atomic E-state index is -0.494. The van der Waals surface area contributed by atoms with E-state index in [1.807, 2.05) is 24.3 Å². The van der Waals surface area contributed by atoms with Crippen molar-refractivity contribution in [2.75, 3.05) is 5.32 Å². The summed E-state index contributed by atoms with van der Waals surface area (Å²) in [5, 5.41) is 7.61. The predicted molar refractivity (Wildman–Crippen MR) is 77.7 cm³/mol. The molecule has 7 nitrogen and oxygen atoms in total. The Bertz CT molecular complexity index is 785. The van der Waals surface area contributed by atoms with Gasteiger partial charge in [-0.3, -0.25) is 14.3 Å². The van der Waals surface area contributed by atoms with E-state index in [0.29, 0.717) is 11.4 Å². The van der Waals surface area contributed by atoms with Crippen molar-refractivity contribution in [3.8, 4) is 0 Å². The number of hydrogen-bond acceptors (Lipinski definition) is 3. The van der Waals surface area contributed by atoms with E-state index in [-0.39, 0.29) is 12.5 Å². The van der Waals surface area contributed by atoms with Crippen LogP contribution in [0.1, 0.15) is 10.5 Å². The molecule has 7 heteroatoms. The number of nitrogens with two attached hydrogens (primary N) is 1. The van der Waals surface area contributed by atoms with Crippen LogP contribution in [0.4, 0.5) is 5.69 Å². The van der Waals surface area contributed by atoms with Crippen molar-refractivity contribution in [3.05, 3.63) is 48.4 Å². The molecule has 0 saturated carbocycles. The zero-order chi connectivity index (χ0) is 14.8. The van der Waals surface area contributed by atoms with Crippen LogP contribution in [0.25, 0.3) is 10.9 Å². The number of H-pyrrole nitrogens is 1. The van der Waals surface area contributed by atoms with Crippen molar-refractivity contribution >= 4 is 28.4 Å². The van der Waals surface area contributed by atoms with Crippen LogP contribution in [0, 0.1) is 0 Å². The number of fused-ring (bicyclic) bond motifs is 1. The maximum atomic E-state index is 12.1. The third-order valence-electron chi connectivity index (χ3n) is 2.98. The van der Waals surface area contributed by atoms with Crippen LogP contribution in [0.3, 0.4) is 0 Å². The van der Waals surface area contributed by atoms with E-state index in [9.17, 15) is 9.59 Å². The first-order chi connectivity index (χ1) is 10.1. The number of nitrogens with one attached hydrogen (secondary N) is 2. The first kappa shape index (κ1) is 12.9. The van der Waals surface area contributed by atoms with Gasteiger partial charge in [-0.15, -0.1) is 0 Å². The average molecular weight is 283 g/mol. The molecule has 0 aliphatic rings. The van der Waals surface area contributed by atoms with E-state index in [2.05, 4.69) is 15.4 Å². The molecule has 0 aliphatic carbocycles. The van der Waals surface area contributed by atoms with E-state index in [1.165, 1.54) is 10.9 Å². The average Bonchev–Trinajstić information content (AvgIpc) is 3.04. The van der Waals surface area contributed by atoms with Crippen molar-refractivity contribution in [3.63, 3.8) is 0 Å². The zero-order valence-electron chi connectivity index (χ0n) is 11.0. The first-order valence-electron chi connectivity index (χ1n) is 6.32. The Morgan fingerprint density at radius 1 is 1.33 bits per heavy atom. The Kier molecular flexibility index (Phi) is 3.15. The molecular weight excluding hydrogens is 270 g/mol. The Labute approximate surface area is 119 Å². The second kappa shape index (κ2) is 5.12. The molecule has 21 heavy (non-hydrogen) atoms. The summed E-state index contributed by atoms with van der Waals surface area (Å²) in [6.45, 7) is -0.0255. The second-order valence-corrected chi connectivity index (χ2v) is 4.62. The number of amides is 2. The van der Waals surface area contributed by atoms with Gasteiger partial charge in [0.25, 0.3) is 5.91 Å². The number of hydrogen-bond donors (Lipinski definition) is 3. The normalized spacial score (nSPS) is 10.7. The summed E-state index contributed by atoms with van der Waals surface area (Å²) < 4.78 is 1.36. The number of aromatic nitrogens is 3. The summed E-state index contributed by atoms with van der Waals surface area (Å²) in [5.41, 5.74) is 6.93. The standard InChI is InChI=1S/C14H13N5O2/c15-13(20)8-19-7-10(6-16-19)17-14(21)12-5-9-3-1-2-4-11(9)18-12/h1-7,18H,8H2,(H2,15,20)(H,17,21). The number of aromatic amines is 1. The number of carbonyl (C=O) groups is 2. The monoisotopic (exact) mass is 283 g/mol. The van der Waals surface area contributed by atoms with Crippen molar-refractivity contribution in [2.45, 2.75) is 6.54 Å². The fourth-order valence-corrected chi connectivity index (χ4v) is 2.07. The summed E-state index contributed by atoms with van der Waals surface area (Å²) in [6.07, 6.45) is 3.01. The lowest BCUT2D eigenvalue weighted by Crippen LogP contribution is -2.18. The molecule has 3 rings (SSSR count). The lowest BCUT2D eigenvalue weighted by Gasteiger charge is -1.99. The molecule has 0 radical (unpaired) electrons. The minimum Gasteiger partial charge on any atom is -0.368 e. The highest BCUT2D eigenvalue weighted by atomic mass is 16.2. The van der Waals surface area contributed by atoms with Crippen LogP contribution < -0.4 is 11.1 Å². The Morgan fingerprint density at radius 2 is 2.14 bits per heavy atom. The van der Waals surface area contributed by atoms with Crippen molar-refractivity contribution in [2.24, 2.45) is 5.73 Å². The molecule has 1 aromatic carbocycles. The number of primary amides is 1. The van der Waals surface area contributed by atoms with E-state index in [0.717, 1.165) is 10.9 Å². The predicted octanol–water partition coefficient (Wildman–Crippen LogP) is 1.10. The molecule has 0 aliphatic heterocycles. The van der Waals surface area contributed by atoms with Crippen molar-refractivity contribution < 1.29 is 9.59 Å². The molecule has 4 N–H and O–H groups in total. The van der Waals surface area contributed by atoms with Crippen LogP contribution in [-0.4, -0.2) is 26.6 Å². The van der Waals surface area contributed by atoms with Gasteiger partial charge in [-0.05, 0) is 12.1 Å². The van der Waals surface area contributed by atoms with Crippen molar-refractivity contribution in [1.29, 1.82) is 0 Å². The van der Waals surface area contributed by atoms with Gasteiger partial charge >= 0.3 is 0 Å². The number of para-hydroxylation sites is 1. The smallest absolute Gasteiger partial charge is 0.272 e. The van der Waals surface area contributed by atoms with Gasteiger partial charge in [0.2, 0.25) is 5.91 Å². The molecule has 0 unspecified atom stereocenters. The molecule has 0 saturated heterocycles. The minimum absolute atomic E-state index is 0.0255. The highest BCUT2D eigenvalue weighted by molar-refractivity contribution is 6.05. The van der Waals surface area contributed by atoms with E-state index in [4.69, 9.17) is 5.73 Å². The summed E-state index contributed by atoms with van der Waals surface area (Å²) in [6, 6.07) is 9.41. The maximum absolute atomic E-state index is 12.1. The fraction of sp³-hybridized carbons (Fsp3) is 0.0714. The molecule has 0 spiro atoms. The zero-order valence-corrected chi connectivity index (χ0v) is 11.0. The quantitative estimate of drug-likeness (QED) is 0.667. The molecule has 0 atom stereocenters. The van der Waals surface area contributed by atoms with Gasteiger partial charge in [0, 0.05) is 17.1 Å². The number of carbonyl (C=O) groups excluding carboxylic acids is 2. The van der Waals surface area contributed by atoms with E-state index >= 15 is 0 Å². The van der Waals surface area contributed by atoms with Gasteiger partial charge in [-0.25, -0.2) is 0 Å². The third kappa shape index (κ3) is 2.76. The Balaban J connectivity index is 1.76. The largest absolute Gasteiger partial charge is 0.368 e. The van der Waals surface area contributed by atoms with Gasteiger partial charge in [0.15, 0.2) is 0 Å². The second-order valence-electron chi connectivity index (χ2n) is 4.62. The van der Waals surface area contributed by atoms with Crippen LogP contribution in [0.2, 0.25) is 0 Å². The molecule has 2 aromatic heterocycles. The molecule has 2 heterocycles. The van der Waals surface area contributed by atoms with E-state index < -0.39 is 5.91 Å². The Morgan fingerprint density at radius 3 is 2.90 bits per heavy atom.